The highest BCUT2D eigenvalue weighted by Crippen LogP contribution is 2.34. The second-order valence-corrected chi connectivity index (χ2v) is 7.75. The van der Waals surface area contributed by atoms with Gasteiger partial charge in [0, 0.05) is 44.0 Å². The Morgan fingerprint density at radius 1 is 1.30 bits per heavy atom. The van der Waals surface area contributed by atoms with Gasteiger partial charge in [0.25, 0.3) is 0 Å². The van der Waals surface area contributed by atoms with Gasteiger partial charge >= 0.3 is 0 Å². The first-order valence-corrected chi connectivity index (χ1v) is 10.6. The largest absolute Gasteiger partial charge is 0.490 e. The Morgan fingerprint density at radius 2 is 2.17 bits per heavy atom. The van der Waals surface area contributed by atoms with Crippen molar-refractivity contribution < 1.29 is 9.47 Å². The molecule has 0 spiro atoms. The van der Waals surface area contributed by atoms with Gasteiger partial charge in [-0.25, -0.2) is 9.98 Å². The number of aliphatic imine (C=N–C) groups is 1. The molecule has 0 aliphatic carbocycles. The van der Waals surface area contributed by atoms with Crippen molar-refractivity contribution >= 4 is 29.9 Å². The lowest BCUT2D eigenvalue weighted by Gasteiger charge is -2.39. The molecule has 1 aromatic carbocycles. The molecule has 30 heavy (non-hydrogen) atoms. The van der Waals surface area contributed by atoms with Crippen LogP contribution in [0, 0.1) is 5.92 Å². The normalized spacial score (nSPS) is 21.5. The van der Waals surface area contributed by atoms with Gasteiger partial charge in [0.05, 0.1) is 32.1 Å². The molecule has 2 aromatic rings. The van der Waals surface area contributed by atoms with E-state index in [0.717, 1.165) is 55.5 Å². The maximum Gasteiger partial charge on any atom is 0.194 e. The standard InChI is InChI=1S/C22H31N5O2.HI/c1-3-24-22(26-10-8-17(2)19(15-26)27-11-9-23-16-27)25-14-18-6-4-7-20-21(18)29-13-5-12-28-20;/h4,6-7,9,11,16-17,19H,3,5,8,10,12-15H2,1-2H3,(H,24,25);1H. The molecule has 0 amide bonds. The van der Waals surface area contributed by atoms with Crippen molar-refractivity contribution in [2.24, 2.45) is 10.9 Å². The van der Waals surface area contributed by atoms with Crippen molar-refractivity contribution in [3.8, 4) is 11.5 Å². The van der Waals surface area contributed by atoms with Gasteiger partial charge in [-0.3, -0.25) is 0 Å². The van der Waals surface area contributed by atoms with Crippen LogP contribution in [0.15, 0.2) is 41.9 Å². The molecular formula is C22H32IN5O2. The summed E-state index contributed by atoms with van der Waals surface area (Å²) in [4.78, 5) is 11.6. The fourth-order valence-electron chi connectivity index (χ4n) is 4.06. The zero-order chi connectivity index (χ0) is 20.1. The number of para-hydroxylation sites is 1. The number of piperidine rings is 1. The summed E-state index contributed by atoms with van der Waals surface area (Å²) in [6.45, 7) is 9.16. The average molecular weight is 525 g/mol. The van der Waals surface area contributed by atoms with Crippen LogP contribution in [0.4, 0.5) is 0 Å². The minimum Gasteiger partial charge on any atom is -0.490 e. The SMILES string of the molecule is CCNC(=NCc1cccc2c1OCCCO2)N1CCC(C)C(n2ccnc2)C1.I. The quantitative estimate of drug-likeness (QED) is 0.375. The van der Waals surface area contributed by atoms with Crippen molar-refractivity contribution in [1.82, 2.24) is 19.8 Å². The predicted molar refractivity (Wildman–Crippen MR) is 129 cm³/mol. The number of likely N-dealkylation sites (tertiary alicyclic amines) is 1. The molecule has 1 saturated heterocycles. The average Bonchev–Trinajstić information content (AvgIpc) is 3.16. The number of guanidine groups is 1. The van der Waals surface area contributed by atoms with E-state index in [-0.39, 0.29) is 24.0 Å². The summed E-state index contributed by atoms with van der Waals surface area (Å²) in [6.07, 6.45) is 7.87. The summed E-state index contributed by atoms with van der Waals surface area (Å²) in [7, 11) is 0. The molecule has 4 rings (SSSR count). The molecule has 2 aliphatic rings. The second-order valence-electron chi connectivity index (χ2n) is 7.75. The number of nitrogens with one attached hydrogen (secondary N) is 1. The Hall–Kier alpha value is -1.97. The smallest absolute Gasteiger partial charge is 0.194 e. The summed E-state index contributed by atoms with van der Waals surface area (Å²) in [5, 5.41) is 3.47. The van der Waals surface area contributed by atoms with E-state index in [0.29, 0.717) is 31.7 Å². The summed E-state index contributed by atoms with van der Waals surface area (Å²) in [5.41, 5.74) is 1.07. The Balaban J connectivity index is 0.00000256. The number of nitrogens with zero attached hydrogens (tertiary/aromatic N) is 4. The Labute approximate surface area is 195 Å². The first-order chi connectivity index (χ1) is 14.3. The van der Waals surface area contributed by atoms with Gasteiger partial charge in [-0.2, -0.15) is 0 Å². The molecule has 2 unspecified atom stereocenters. The maximum absolute atomic E-state index is 5.96. The lowest BCUT2D eigenvalue weighted by atomic mass is 9.93. The third kappa shape index (κ3) is 5.19. The van der Waals surface area contributed by atoms with Crippen molar-refractivity contribution in [1.29, 1.82) is 0 Å². The molecule has 2 aliphatic heterocycles. The van der Waals surface area contributed by atoms with Crippen LogP contribution in [0.5, 0.6) is 11.5 Å². The number of fused-ring (bicyclic) bond motifs is 1. The lowest BCUT2D eigenvalue weighted by Crippen LogP contribution is -2.49. The molecule has 1 fully saturated rings. The molecule has 1 aromatic heterocycles. The molecule has 0 radical (unpaired) electrons. The summed E-state index contributed by atoms with van der Waals surface area (Å²) in [6, 6.07) is 6.47. The van der Waals surface area contributed by atoms with Gasteiger partial charge in [-0.1, -0.05) is 19.1 Å². The Morgan fingerprint density at radius 3 is 2.97 bits per heavy atom. The van der Waals surface area contributed by atoms with E-state index >= 15 is 0 Å². The summed E-state index contributed by atoms with van der Waals surface area (Å²) < 4.78 is 14.0. The van der Waals surface area contributed by atoms with Crippen molar-refractivity contribution in [2.45, 2.75) is 39.3 Å². The lowest BCUT2D eigenvalue weighted by molar-refractivity contribution is 0.189. The topological polar surface area (TPSA) is 63.9 Å². The Bertz CT molecular complexity index is 827. The van der Waals surface area contributed by atoms with Gasteiger partial charge < -0.3 is 24.3 Å². The van der Waals surface area contributed by atoms with Crippen LogP contribution < -0.4 is 14.8 Å². The molecule has 0 saturated carbocycles. The van der Waals surface area contributed by atoms with Gasteiger partial charge in [0.2, 0.25) is 0 Å². The van der Waals surface area contributed by atoms with Crippen LogP contribution in [0.25, 0.3) is 0 Å². The van der Waals surface area contributed by atoms with Gasteiger partial charge in [-0.15, -0.1) is 24.0 Å². The number of ether oxygens (including phenoxy) is 2. The monoisotopic (exact) mass is 525 g/mol. The van der Waals surface area contributed by atoms with E-state index in [1.165, 1.54) is 0 Å². The summed E-state index contributed by atoms with van der Waals surface area (Å²) in [5.74, 6) is 3.23. The number of halogens is 1. The first kappa shape index (κ1) is 22.7. The molecule has 8 heteroatoms. The van der Waals surface area contributed by atoms with Gasteiger partial charge in [-0.05, 0) is 25.3 Å². The molecule has 3 heterocycles. The van der Waals surface area contributed by atoms with Gasteiger partial charge in [0.15, 0.2) is 17.5 Å². The number of hydrogen-bond donors (Lipinski definition) is 1. The first-order valence-electron chi connectivity index (χ1n) is 10.6. The summed E-state index contributed by atoms with van der Waals surface area (Å²) >= 11 is 0. The van der Waals surface area contributed by atoms with Crippen LogP contribution in [-0.4, -0.2) is 53.3 Å². The van der Waals surface area contributed by atoms with Crippen LogP contribution in [0.2, 0.25) is 0 Å². The molecular weight excluding hydrogens is 493 g/mol. The third-order valence-corrected chi connectivity index (χ3v) is 5.71. The number of imidazole rings is 1. The minimum atomic E-state index is 0. The number of benzene rings is 1. The fourth-order valence-corrected chi connectivity index (χ4v) is 4.06. The fraction of sp³-hybridized carbons (Fsp3) is 0.545. The van der Waals surface area contributed by atoms with Crippen molar-refractivity contribution in [2.75, 3.05) is 32.8 Å². The van der Waals surface area contributed by atoms with Crippen LogP contribution in [0.3, 0.4) is 0 Å². The maximum atomic E-state index is 5.96. The van der Waals surface area contributed by atoms with Crippen molar-refractivity contribution in [3.05, 3.63) is 42.5 Å². The van der Waals surface area contributed by atoms with E-state index in [1.54, 1.807) is 0 Å². The number of aromatic nitrogens is 2. The van der Waals surface area contributed by atoms with E-state index < -0.39 is 0 Å². The van der Waals surface area contributed by atoms with E-state index in [9.17, 15) is 0 Å². The van der Waals surface area contributed by atoms with Crippen LogP contribution in [-0.2, 0) is 6.54 Å². The highest BCUT2D eigenvalue weighted by atomic mass is 127. The van der Waals surface area contributed by atoms with E-state index in [2.05, 4.69) is 45.9 Å². The zero-order valence-corrected chi connectivity index (χ0v) is 20.1. The third-order valence-electron chi connectivity index (χ3n) is 5.71. The Kier molecular flexibility index (Phi) is 8.24. The molecule has 2 atom stereocenters. The van der Waals surface area contributed by atoms with Crippen molar-refractivity contribution in [3.63, 3.8) is 0 Å². The molecule has 1 N–H and O–H groups in total. The highest BCUT2D eigenvalue weighted by molar-refractivity contribution is 14.0. The van der Waals surface area contributed by atoms with E-state index in [1.807, 2.05) is 24.7 Å². The van der Waals surface area contributed by atoms with Crippen LogP contribution in [0.1, 0.15) is 38.3 Å². The van der Waals surface area contributed by atoms with Crippen LogP contribution >= 0.6 is 24.0 Å². The molecule has 164 valence electrons. The number of hydrogen-bond acceptors (Lipinski definition) is 4. The molecule has 0 bridgehead atoms. The minimum absolute atomic E-state index is 0. The predicted octanol–water partition coefficient (Wildman–Crippen LogP) is 3.71. The zero-order valence-electron chi connectivity index (χ0n) is 17.8. The number of rotatable bonds is 4. The molecule has 7 nitrogen and oxygen atoms in total. The second kappa shape index (κ2) is 10.9. The highest BCUT2D eigenvalue weighted by Gasteiger charge is 2.29. The van der Waals surface area contributed by atoms with Gasteiger partial charge in [0.1, 0.15) is 0 Å². The van der Waals surface area contributed by atoms with E-state index in [4.69, 9.17) is 14.5 Å².